The minimum absolute atomic E-state index is 0.123. The van der Waals surface area contributed by atoms with Crippen LogP contribution in [-0.2, 0) is 22.1 Å². The minimum Gasteiger partial charge on any atom is -0.321 e. The second-order valence-electron chi connectivity index (χ2n) is 6.69. The molecule has 3 rings (SSSR count). The summed E-state index contributed by atoms with van der Waals surface area (Å²) in [4.78, 5) is 0. The van der Waals surface area contributed by atoms with Crippen molar-refractivity contribution in [3.8, 4) is 0 Å². The van der Waals surface area contributed by atoms with Crippen LogP contribution >= 0.6 is 0 Å². The summed E-state index contributed by atoms with van der Waals surface area (Å²) in [5.41, 5.74) is 7.63. The van der Waals surface area contributed by atoms with Crippen LogP contribution in [0.4, 0.5) is 4.39 Å². The van der Waals surface area contributed by atoms with Crippen molar-refractivity contribution in [2.24, 2.45) is 5.73 Å². The van der Waals surface area contributed by atoms with Gasteiger partial charge in [0.25, 0.3) is 0 Å². The Bertz CT molecular complexity index is 1020. The second-order valence-corrected chi connectivity index (χ2v) is 8.58. The number of hydrogen-bond donors (Lipinski definition) is 1. The van der Waals surface area contributed by atoms with E-state index in [1.165, 1.54) is 24.3 Å². The number of nitrogens with zero attached hydrogens (tertiary/aromatic N) is 3. The standard InChI is InChI=1S/C20H23FN4O2S/c1-2-6-18(22)19-23-24-20(25(19)13-15-7-4-3-5-8-15)28(26,27)14-16-9-11-17(21)12-10-16/h3-5,7-12,18H,2,6,13-14,22H2,1H3. The maximum absolute atomic E-state index is 13.1. The quantitative estimate of drug-likeness (QED) is 0.625. The average molecular weight is 402 g/mol. The van der Waals surface area contributed by atoms with E-state index in [1.54, 1.807) is 4.57 Å². The summed E-state index contributed by atoms with van der Waals surface area (Å²) in [6.07, 6.45) is 1.52. The molecule has 0 fully saturated rings. The van der Waals surface area contributed by atoms with Gasteiger partial charge < -0.3 is 5.73 Å². The molecule has 0 bridgehead atoms. The van der Waals surface area contributed by atoms with Crippen LogP contribution in [0.3, 0.4) is 0 Å². The fraction of sp³-hybridized carbons (Fsp3) is 0.300. The molecule has 0 spiro atoms. The number of aromatic nitrogens is 3. The molecule has 3 aromatic rings. The molecule has 8 heteroatoms. The smallest absolute Gasteiger partial charge is 0.250 e. The Kier molecular flexibility index (Phi) is 6.21. The van der Waals surface area contributed by atoms with Gasteiger partial charge in [0, 0.05) is 0 Å². The van der Waals surface area contributed by atoms with Gasteiger partial charge in [0.2, 0.25) is 15.0 Å². The highest BCUT2D eigenvalue weighted by molar-refractivity contribution is 7.90. The van der Waals surface area contributed by atoms with E-state index < -0.39 is 21.7 Å². The van der Waals surface area contributed by atoms with Crippen molar-refractivity contribution >= 4 is 9.84 Å². The zero-order chi connectivity index (χ0) is 20.1. The second kappa shape index (κ2) is 8.62. The number of benzene rings is 2. The SMILES string of the molecule is CCCC(N)c1nnc(S(=O)(=O)Cc2ccc(F)cc2)n1Cc1ccccc1. The van der Waals surface area contributed by atoms with E-state index in [2.05, 4.69) is 10.2 Å². The number of nitrogens with two attached hydrogens (primary N) is 1. The summed E-state index contributed by atoms with van der Waals surface area (Å²) in [6, 6.07) is 14.5. The highest BCUT2D eigenvalue weighted by atomic mass is 32.2. The van der Waals surface area contributed by atoms with E-state index in [9.17, 15) is 12.8 Å². The Morgan fingerprint density at radius 2 is 1.71 bits per heavy atom. The van der Waals surface area contributed by atoms with Crippen molar-refractivity contribution in [3.63, 3.8) is 0 Å². The summed E-state index contributed by atoms with van der Waals surface area (Å²) in [5.74, 6) is -0.256. The van der Waals surface area contributed by atoms with Crippen molar-refractivity contribution in [2.45, 2.75) is 43.3 Å². The Morgan fingerprint density at radius 1 is 1.04 bits per heavy atom. The highest BCUT2D eigenvalue weighted by Gasteiger charge is 2.27. The van der Waals surface area contributed by atoms with Crippen LogP contribution in [0, 0.1) is 5.82 Å². The Balaban J connectivity index is 2.00. The van der Waals surface area contributed by atoms with Crippen LogP contribution < -0.4 is 5.73 Å². The molecule has 1 aromatic heterocycles. The first-order valence-corrected chi connectivity index (χ1v) is 10.8. The third-order valence-corrected chi connectivity index (χ3v) is 5.98. The third-order valence-electron chi connectivity index (χ3n) is 4.41. The van der Waals surface area contributed by atoms with Crippen LogP contribution in [0.5, 0.6) is 0 Å². The Hall–Kier alpha value is -2.58. The predicted octanol–water partition coefficient (Wildman–Crippen LogP) is 3.24. The Morgan fingerprint density at radius 3 is 2.36 bits per heavy atom. The molecule has 0 aliphatic heterocycles. The number of hydrogen-bond acceptors (Lipinski definition) is 5. The van der Waals surface area contributed by atoms with E-state index >= 15 is 0 Å². The fourth-order valence-corrected chi connectivity index (χ4v) is 4.44. The molecule has 1 heterocycles. The molecule has 0 amide bonds. The summed E-state index contributed by atoms with van der Waals surface area (Å²) < 4.78 is 40.8. The first-order chi connectivity index (χ1) is 13.4. The van der Waals surface area contributed by atoms with E-state index in [4.69, 9.17) is 5.73 Å². The molecule has 1 atom stereocenters. The first-order valence-electron chi connectivity index (χ1n) is 9.10. The molecular weight excluding hydrogens is 379 g/mol. The molecule has 2 N–H and O–H groups in total. The monoisotopic (exact) mass is 402 g/mol. The molecule has 0 aliphatic carbocycles. The van der Waals surface area contributed by atoms with E-state index in [0.717, 1.165) is 12.0 Å². The third kappa shape index (κ3) is 4.63. The zero-order valence-corrected chi connectivity index (χ0v) is 16.4. The molecule has 28 heavy (non-hydrogen) atoms. The maximum Gasteiger partial charge on any atom is 0.250 e. The number of halogens is 1. The van der Waals surface area contributed by atoms with Crippen LogP contribution in [0.1, 0.15) is 42.8 Å². The Labute approximate surface area is 164 Å². The summed E-state index contributed by atoms with van der Waals surface area (Å²) in [6.45, 7) is 2.31. The minimum atomic E-state index is -3.79. The van der Waals surface area contributed by atoms with Crippen molar-refractivity contribution in [1.82, 2.24) is 14.8 Å². The van der Waals surface area contributed by atoms with Crippen LogP contribution in [0.25, 0.3) is 0 Å². The predicted molar refractivity (Wildman–Crippen MR) is 105 cm³/mol. The van der Waals surface area contributed by atoms with Gasteiger partial charge in [0.05, 0.1) is 18.3 Å². The molecule has 0 saturated heterocycles. The lowest BCUT2D eigenvalue weighted by molar-refractivity contribution is 0.537. The topological polar surface area (TPSA) is 90.9 Å². The van der Waals surface area contributed by atoms with Crippen molar-refractivity contribution < 1.29 is 12.8 Å². The molecule has 148 valence electrons. The van der Waals surface area contributed by atoms with E-state index in [-0.39, 0.29) is 10.9 Å². The summed E-state index contributed by atoms with van der Waals surface area (Å²) in [7, 11) is -3.79. The average Bonchev–Trinajstić information content (AvgIpc) is 3.09. The van der Waals surface area contributed by atoms with Gasteiger partial charge in [-0.2, -0.15) is 0 Å². The maximum atomic E-state index is 13.1. The van der Waals surface area contributed by atoms with Gasteiger partial charge in [-0.3, -0.25) is 4.57 Å². The zero-order valence-electron chi connectivity index (χ0n) is 15.6. The number of sulfone groups is 1. The van der Waals surface area contributed by atoms with Crippen molar-refractivity contribution in [1.29, 1.82) is 0 Å². The van der Waals surface area contributed by atoms with E-state index in [0.29, 0.717) is 24.4 Å². The summed E-state index contributed by atoms with van der Waals surface area (Å²) >= 11 is 0. The molecule has 2 aromatic carbocycles. The van der Waals surface area contributed by atoms with Crippen molar-refractivity contribution in [3.05, 3.63) is 77.4 Å². The van der Waals surface area contributed by atoms with Crippen LogP contribution in [-0.4, -0.2) is 23.2 Å². The molecular formula is C20H23FN4O2S. The fourth-order valence-electron chi connectivity index (χ4n) is 3.02. The lowest BCUT2D eigenvalue weighted by atomic mass is 10.1. The molecule has 6 nitrogen and oxygen atoms in total. The number of rotatable bonds is 8. The van der Waals surface area contributed by atoms with Gasteiger partial charge >= 0.3 is 0 Å². The first kappa shape index (κ1) is 20.2. The van der Waals surface area contributed by atoms with Gasteiger partial charge in [-0.25, -0.2) is 12.8 Å². The lowest BCUT2D eigenvalue weighted by Gasteiger charge is -2.15. The highest BCUT2D eigenvalue weighted by Crippen LogP contribution is 2.22. The van der Waals surface area contributed by atoms with Gasteiger partial charge in [-0.05, 0) is 29.7 Å². The van der Waals surface area contributed by atoms with Crippen LogP contribution in [0.2, 0.25) is 0 Å². The van der Waals surface area contributed by atoms with Crippen molar-refractivity contribution in [2.75, 3.05) is 0 Å². The normalized spacial score (nSPS) is 12.8. The summed E-state index contributed by atoms with van der Waals surface area (Å²) in [5, 5.41) is 7.95. The van der Waals surface area contributed by atoms with Gasteiger partial charge in [0.1, 0.15) is 5.82 Å². The van der Waals surface area contributed by atoms with E-state index in [1.807, 2.05) is 37.3 Å². The molecule has 0 aliphatic rings. The molecule has 0 saturated carbocycles. The van der Waals surface area contributed by atoms with Gasteiger partial charge in [0.15, 0.2) is 5.82 Å². The van der Waals surface area contributed by atoms with Gasteiger partial charge in [-0.15, -0.1) is 10.2 Å². The molecule has 1 unspecified atom stereocenters. The lowest BCUT2D eigenvalue weighted by Crippen LogP contribution is -2.20. The van der Waals surface area contributed by atoms with Gasteiger partial charge in [-0.1, -0.05) is 55.8 Å². The molecule has 0 radical (unpaired) electrons. The largest absolute Gasteiger partial charge is 0.321 e. The van der Waals surface area contributed by atoms with Crippen LogP contribution in [0.15, 0.2) is 59.8 Å².